The summed E-state index contributed by atoms with van der Waals surface area (Å²) >= 11 is 2.08. The Morgan fingerprint density at radius 1 is 0.639 bits per heavy atom. The number of hydrogen-bond acceptors (Lipinski definition) is 1. The molecule has 0 saturated heterocycles. The molecule has 0 radical (unpaired) electrons. The van der Waals surface area contributed by atoms with Crippen LogP contribution in [-0.4, -0.2) is 4.98 Å². The van der Waals surface area contributed by atoms with Crippen LogP contribution in [-0.2, 0) is 11.2 Å². The molecule has 1 atom stereocenters. The molecule has 0 amide bonds. The van der Waals surface area contributed by atoms with Crippen LogP contribution in [0.5, 0.6) is 0 Å². The number of aromatic amines is 1. The summed E-state index contributed by atoms with van der Waals surface area (Å²) in [6.45, 7) is 4.38. The topological polar surface area (TPSA) is 15.8 Å². The van der Waals surface area contributed by atoms with Gasteiger partial charge in [0, 0.05) is 16.6 Å². The first-order valence-corrected chi connectivity index (χ1v) is 13.6. The molecule has 0 saturated carbocycles. The monoisotopic (exact) mass is 487 g/mol. The van der Waals surface area contributed by atoms with Gasteiger partial charge in [-0.1, -0.05) is 121 Å². The van der Waals surface area contributed by atoms with Gasteiger partial charge in [-0.3, -0.25) is 0 Å². The van der Waals surface area contributed by atoms with E-state index >= 15 is 0 Å². The molecule has 5 rings (SSSR count). The average molecular weight is 488 g/mol. The largest absolute Gasteiger partial charge is 0.362 e. The highest BCUT2D eigenvalue weighted by Crippen LogP contribution is 2.55. The summed E-state index contributed by atoms with van der Waals surface area (Å²) in [5.74, 6) is 0. The summed E-state index contributed by atoms with van der Waals surface area (Å²) in [5.41, 5.74) is 9.20. The Hall–Kier alpha value is -3.49. The SMILES string of the molecule is Cc1cc(C(CCc2ccccc2)SC(c2ccccc2)(c2ccccc2)c2ccccc2)c(C)[nH]1. The lowest BCUT2D eigenvalue weighted by atomic mass is 9.84. The molecule has 180 valence electrons. The van der Waals surface area contributed by atoms with Crippen molar-refractivity contribution in [1.29, 1.82) is 0 Å². The molecule has 1 aromatic heterocycles. The van der Waals surface area contributed by atoms with Crippen molar-refractivity contribution in [2.24, 2.45) is 0 Å². The number of hydrogen-bond donors (Lipinski definition) is 1. The Balaban J connectivity index is 1.68. The molecular weight excluding hydrogens is 454 g/mol. The van der Waals surface area contributed by atoms with Crippen LogP contribution in [0.1, 0.15) is 50.9 Å². The maximum atomic E-state index is 3.58. The zero-order valence-electron chi connectivity index (χ0n) is 21.0. The van der Waals surface area contributed by atoms with E-state index in [1.165, 1.54) is 39.2 Å². The van der Waals surface area contributed by atoms with E-state index in [0.29, 0.717) is 5.25 Å². The molecule has 0 fully saturated rings. The minimum absolute atomic E-state index is 0.302. The van der Waals surface area contributed by atoms with E-state index in [1.807, 2.05) is 0 Å². The molecule has 36 heavy (non-hydrogen) atoms. The lowest BCUT2D eigenvalue weighted by molar-refractivity contribution is 0.779. The summed E-state index contributed by atoms with van der Waals surface area (Å²) in [6, 6.07) is 46.3. The highest BCUT2D eigenvalue weighted by Gasteiger charge is 2.40. The fraction of sp³-hybridized carbons (Fsp3) is 0.176. The lowest BCUT2D eigenvalue weighted by Gasteiger charge is -2.38. The zero-order valence-corrected chi connectivity index (χ0v) is 21.8. The van der Waals surface area contributed by atoms with E-state index in [-0.39, 0.29) is 4.75 Å². The second kappa shape index (κ2) is 11.1. The van der Waals surface area contributed by atoms with E-state index in [9.17, 15) is 0 Å². The smallest absolute Gasteiger partial charge is 0.0913 e. The van der Waals surface area contributed by atoms with Crippen LogP contribution in [0.3, 0.4) is 0 Å². The normalized spacial score (nSPS) is 12.4. The zero-order chi connectivity index (χ0) is 24.8. The molecule has 0 aliphatic rings. The van der Waals surface area contributed by atoms with Crippen molar-refractivity contribution in [2.75, 3.05) is 0 Å². The van der Waals surface area contributed by atoms with Crippen molar-refractivity contribution in [1.82, 2.24) is 4.98 Å². The number of nitrogens with one attached hydrogen (secondary N) is 1. The van der Waals surface area contributed by atoms with Crippen molar-refractivity contribution >= 4 is 11.8 Å². The minimum Gasteiger partial charge on any atom is -0.362 e. The van der Waals surface area contributed by atoms with Crippen LogP contribution in [0.25, 0.3) is 0 Å². The van der Waals surface area contributed by atoms with Gasteiger partial charge in [0.25, 0.3) is 0 Å². The van der Waals surface area contributed by atoms with Gasteiger partial charge in [-0.25, -0.2) is 0 Å². The standard InChI is InChI=1S/C34H33NS/c1-26-25-32(27(2)35-26)33(24-23-28-15-7-3-8-16-28)36-34(29-17-9-4-10-18-29,30-19-11-5-12-20-30)31-21-13-6-14-22-31/h3-22,25,33,35H,23-24H2,1-2H3. The van der Waals surface area contributed by atoms with Crippen LogP contribution in [0, 0.1) is 13.8 Å². The maximum absolute atomic E-state index is 3.58. The lowest BCUT2D eigenvalue weighted by Crippen LogP contribution is -2.27. The van der Waals surface area contributed by atoms with Crippen molar-refractivity contribution in [3.63, 3.8) is 0 Å². The fourth-order valence-corrected chi connectivity index (χ4v) is 7.09. The molecule has 1 N–H and O–H groups in total. The Labute approximate surface area is 219 Å². The van der Waals surface area contributed by atoms with Gasteiger partial charge >= 0.3 is 0 Å². The summed E-state index contributed by atoms with van der Waals surface area (Å²) in [5, 5.41) is 0.302. The highest BCUT2D eigenvalue weighted by atomic mass is 32.2. The van der Waals surface area contributed by atoms with Crippen LogP contribution < -0.4 is 0 Å². The Morgan fingerprint density at radius 2 is 1.08 bits per heavy atom. The number of aryl methyl sites for hydroxylation is 3. The van der Waals surface area contributed by atoms with Gasteiger partial charge in [-0.15, -0.1) is 11.8 Å². The van der Waals surface area contributed by atoms with Crippen molar-refractivity contribution < 1.29 is 0 Å². The van der Waals surface area contributed by atoms with Crippen LogP contribution in [0.4, 0.5) is 0 Å². The molecule has 5 aromatic rings. The van der Waals surface area contributed by atoms with E-state index < -0.39 is 0 Å². The average Bonchev–Trinajstić information content (AvgIpc) is 3.28. The van der Waals surface area contributed by atoms with Gasteiger partial charge in [0.1, 0.15) is 0 Å². The molecular formula is C34H33NS. The molecule has 1 unspecified atom stereocenters. The molecule has 2 heteroatoms. The van der Waals surface area contributed by atoms with Gasteiger partial charge in [-0.05, 0) is 60.6 Å². The fourth-order valence-electron chi connectivity index (χ4n) is 5.24. The molecule has 0 bridgehead atoms. The molecule has 0 aliphatic carbocycles. The van der Waals surface area contributed by atoms with Crippen molar-refractivity contribution in [3.05, 3.63) is 167 Å². The van der Waals surface area contributed by atoms with E-state index in [0.717, 1.165) is 12.8 Å². The highest BCUT2D eigenvalue weighted by molar-refractivity contribution is 8.00. The number of benzene rings is 4. The quantitative estimate of drug-likeness (QED) is 0.205. The summed E-state index contributed by atoms with van der Waals surface area (Å²) in [6.07, 6.45) is 2.09. The molecule has 4 aromatic carbocycles. The van der Waals surface area contributed by atoms with Gasteiger partial charge < -0.3 is 4.98 Å². The Morgan fingerprint density at radius 3 is 1.50 bits per heavy atom. The van der Waals surface area contributed by atoms with E-state index in [4.69, 9.17) is 0 Å². The van der Waals surface area contributed by atoms with Crippen LogP contribution in [0.2, 0.25) is 0 Å². The minimum atomic E-state index is -0.344. The number of H-pyrrole nitrogens is 1. The maximum Gasteiger partial charge on any atom is 0.0913 e. The predicted molar refractivity (Wildman–Crippen MR) is 155 cm³/mol. The summed E-state index contributed by atoms with van der Waals surface area (Å²) < 4.78 is -0.344. The molecule has 0 spiro atoms. The second-order valence-electron chi connectivity index (χ2n) is 9.44. The van der Waals surface area contributed by atoms with Crippen molar-refractivity contribution in [2.45, 2.75) is 36.7 Å². The third kappa shape index (κ3) is 5.05. The first-order valence-electron chi connectivity index (χ1n) is 12.7. The Bertz CT molecular complexity index is 1260. The molecule has 1 heterocycles. The summed E-state index contributed by atoms with van der Waals surface area (Å²) in [4.78, 5) is 3.58. The molecule has 0 aliphatic heterocycles. The number of aromatic nitrogens is 1. The van der Waals surface area contributed by atoms with Gasteiger partial charge in [-0.2, -0.15) is 0 Å². The number of thioether (sulfide) groups is 1. The van der Waals surface area contributed by atoms with Crippen LogP contribution >= 0.6 is 11.8 Å². The third-order valence-corrected chi connectivity index (χ3v) is 8.77. The van der Waals surface area contributed by atoms with E-state index in [2.05, 4.69) is 158 Å². The van der Waals surface area contributed by atoms with Gasteiger partial charge in [0.05, 0.1) is 4.75 Å². The Kier molecular flexibility index (Phi) is 7.44. The predicted octanol–water partition coefficient (Wildman–Crippen LogP) is 9.03. The molecule has 1 nitrogen and oxygen atoms in total. The first-order chi connectivity index (χ1) is 17.7. The second-order valence-corrected chi connectivity index (χ2v) is 10.9. The van der Waals surface area contributed by atoms with Crippen LogP contribution in [0.15, 0.2) is 127 Å². The van der Waals surface area contributed by atoms with Crippen molar-refractivity contribution in [3.8, 4) is 0 Å². The first kappa shape index (κ1) is 24.2. The van der Waals surface area contributed by atoms with E-state index in [1.54, 1.807) is 0 Å². The third-order valence-electron chi connectivity index (χ3n) is 6.93. The summed E-state index contributed by atoms with van der Waals surface area (Å²) in [7, 11) is 0. The number of rotatable bonds is 9. The van der Waals surface area contributed by atoms with Gasteiger partial charge in [0.2, 0.25) is 0 Å². The van der Waals surface area contributed by atoms with Gasteiger partial charge in [0.15, 0.2) is 0 Å².